The number of carboxylic acids is 1. The van der Waals surface area contributed by atoms with Crippen molar-refractivity contribution in [3.63, 3.8) is 0 Å². The van der Waals surface area contributed by atoms with Crippen LogP contribution in [0.1, 0.15) is 65.2 Å². The number of hydrogen-bond acceptors (Lipinski definition) is 2. The van der Waals surface area contributed by atoms with Gasteiger partial charge in [0.2, 0.25) is 5.91 Å². The van der Waals surface area contributed by atoms with Crippen molar-refractivity contribution >= 4 is 23.5 Å². The molecule has 0 aromatic rings. The predicted octanol–water partition coefficient (Wildman–Crippen LogP) is 3.77. The molecule has 24 heavy (non-hydrogen) atoms. The lowest BCUT2D eigenvalue weighted by atomic mass is 9.47. The van der Waals surface area contributed by atoms with Crippen LogP contribution in [0.2, 0.25) is 0 Å². The fourth-order valence-corrected chi connectivity index (χ4v) is 7.53. The van der Waals surface area contributed by atoms with Gasteiger partial charge < -0.3 is 10.4 Å². The Hall–Kier alpha value is -0.770. The van der Waals surface area contributed by atoms with E-state index in [-0.39, 0.29) is 22.7 Å². The summed E-state index contributed by atoms with van der Waals surface area (Å²) in [7, 11) is 0. The summed E-state index contributed by atoms with van der Waals surface area (Å²) in [4.78, 5) is 23.0. The normalized spacial score (nSPS) is 53.5. The second-order valence-electron chi connectivity index (χ2n) is 9.19. The molecule has 2 N–H and O–H groups in total. The smallest absolute Gasteiger partial charge is 0.307 e. The molecule has 2 unspecified atom stereocenters. The molecule has 7 atom stereocenters. The van der Waals surface area contributed by atoms with E-state index < -0.39 is 11.0 Å². The standard InChI is InChI=1S/C19H28ClNO3/c1-17-8-6-13-11(12(17)3-4-14(17)16(23)24)5-10-19(20)18(13,2)9-7-15(22)21-19/h11-14H,3-10H2,1-2H3,(H,21,22)(H,23,24)/t11-,12-,13+,14?,17-,18+,19?/m0/s1. The van der Waals surface area contributed by atoms with Crippen molar-refractivity contribution < 1.29 is 14.7 Å². The third kappa shape index (κ3) is 1.98. The number of carbonyl (C=O) groups is 2. The van der Waals surface area contributed by atoms with Crippen LogP contribution in [0.4, 0.5) is 0 Å². The third-order valence-electron chi connectivity index (χ3n) is 8.49. The molecule has 0 spiro atoms. The summed E-state index contributed by atoms with van der Waals surface area (Å²) < 4.78 is 0. The molecule has 1 amide bonds. The fraction of sp³-hybridized carbons (Fsp3) is 0.895. The molecule has 1 aliphatic heterocycles. The maximum atomic E-state index is 11.9. The number of amides is 1. The molecule has 4 nitrogen and oxygen atoms in total. The van der Waals surface area contributed by atoms with E-state index >= 15 is 0 Å². The molecule has 1 heterocycles. The highest BCUT2D eigenvalue weighted by molar-refractivity contribution is 6.25. The minimum Gasteiger partial charge on any atom is -0.481 e. The second-order valence-corrected chi connectivity index (χ2v) is 9.84. The Morgan fingerprint density at radius 2 is 1.88 bits per heavy atom. The summed E-state index contributed by atoms with van der Waals surface area (Å²) in [6.45, 7) is 4.48. The highest BCUT2D eigenvalue weighted by Gasteiger charge is 2.65. The number of rotatable bonds is 1. The average Bonchev–Trinajstić information content (AvgIpc) is 2.86. The number of fused-ring (bicyclic) bond motifs is 5. The molecule has 5 heteroatoms. The number of carbonyl (C=O) groups excluding carboxylic acids is 1. The largest absolute Gasteiger partial charge is 0.481 e. The van der Waals surface area contributed by atoms with Gasteiger partial charge in [-0.15, -0.1) is 0 Å². The topological polar surface area (TPSA) is 66.4 Å². The summed E-state index contributed by atoms with van der Waals surface area (Å²) in [6, 6.07) is 0. The highest BCUT2D eigenvalue weighted by atomic mass is 35.5. The van der Waals surface area contributed by atoms with Gasteiger partial charge in [-0.1, -0.05) is 25.4 Å². The van der Waals surface area contributed by atoms with Crippen LogP contribution in [0.5, 0.6) is 0 Å². The molecule has 1 saturated heterocycles. The Balaban J connectivity index is 1.66. The van der Waals surface area contributed by atoms with E-state index in [1.807, 2.05) is 0 Å². The van der Waals surface area contributed by atoms with Crippen molar-refractivity contribution in [2.45, 2.75) is 70.2 Å². The third-order valence-corrected chi connectivity index (χ3v) is 9.21. The number of hydrogen-bond donors (Lipinski definition) is 2. The Bertz CT molecular complexity index is 595. The lowest BCUT2D eigenvalue weighted by molar-refractivity contribution is -0.154. The monoisotopic (exact) mass is 353 g/mol. The van der Waals surface area contributed by atoms with Crippen LogP contribution < -0.4 is 5.32 Å². The Labute approximate surface area is 148 Å². The van der Waals surface area contributed by atoms with Crippen molar-refractivity contribution in [1.29, 1.82) is 0 Å². The molecular weight excluding hydrogens is 326 g/mol. The first kappa shape index (κ1) is 16.7. The van der Waals surface area contributed by atoms with E-state index in [0.717, 1.165) is 44.9 Å². The van der Waals surface area contributed by atoms with Gasteiger partial charge in [0, 0.05) is 11.8 Å². The van der Waals surface area contributed by atoms with E-state index in [0.29, 0.717) is 24.2 Å². The van der Waals surface area contributed by atoms with Gasteiger partial charge in [0.1, 0.15) is 5.00 Å². The van der Waals surface area contributed by atoms with Crippen molar-refractivity contribution in [3.8, 4) is 0 Å². The molecule has 0 aromatic carbocycles. The zero-order valence-electron chi connectivity index (χ0n) is 14.6. The maximum absolute atomic E-state index is 11.9. The van der Waals surface area contributed by atoms with Crippen molar-refractivity contribution in [3.05, 3.63) is 0 Å². The number of halogens is 1. The molecule has 134 valence electrons. The molecule has 4 fully saturated rings. The fourth-order valence-electron chi connectivity index (χ4n) is 7.08. The first-order valence-corrected chi connectivity index (χ1v) is 9.82. The summed E-state index contributed by atoms with van der Waals surface area (Å²) in [5.74, 6) is 0.818. The Morgan fingerprint density at radius 3 is 2.58 bits per heavy atom. The zero-order chi connectivity index (χ0) is 17.3. The average molecular weight is 354 g/mol. The molecule has 3 aliphatic carbocycles. The summed E-state index contributed by atoms with van der Waals surface area (Å²) >= 11 is 6.96. The minimum atomic E-state index is -0.614. The quantitative estimate of drug-likeness (QED) is 0.557. The number of nitrogens with one attached hydrogen (secondary N) is 1. The molecule has 4 rings (SSSR count). The van der Waals surface area contributed by atoms with Gasteiger partial charge in [-0.3, -0.25) is 9.59 Å². The van der Waals surface area contributed by atoms with Crippen LogP contribution in [-0.4, -0.2) is 22.0 Å². The van der Waals surface area contributed by atoms with Gasteiger partial charge in [0.15, 0.2) is 0 Å². The van der Waals surface area contributed by atoms with Gasteiger partial charge >= 0.3 is 5.97 Å². The summed E-state index contributed by atoms with van der Waals surface area (Å²) in [5, 5.41) is 12.7. The van der Waals surface area contributed by atoms with Gasteiger partial charge in [0.05, 0.1) is 5.92 Å². The van der Waals surface area contributed by atoms with Gasteiger partial charge in [-0.2, -0.15) is 0 Å². The number of carboxylic acid groups (broad SMARTS) is 1. The zero-order valence-corrected chi connectivity index (χ0v) is 15.4. The Morgan fingerprint density at radius 1 is 1.12 bits per heavy atom. The van der Waals surface area contributed by atoms with Gasteiger partial charge in [-0.25, -0.2) is 0 Å². The highest BCUT2D eigenvalue weighted by Crippen LogP contribution is 2.68. The van der Waals surface area contributed by atoms with Crippen LogP contribution >= 0.6 is 11.6 Å². The summed E-state index contributed by atoms with van der Waals surface area (Å²) in [5.41, 5.74) is -0.137. The predicted molar refractivity (Wildman–Crippen MR) is 91.5 cm³/mol. The van der Waals surface area contributed by atoms with Crippen molar-refractivity contribution in [1.82, 2.24) is 5.32 Å². The number of piperidine rings is 1. The maximum Gasteiger partial charge on any atom is 0.307 e. The van der Waals surface area contributed by atoms with Crippen LogP contribution in [0.3, 0.4) is 0 Å². The van der Waals surface area contributed by atoms with Crippen LogP contribution in [-0.2, 0) is 9.59 Å². The van der Waals surface area contributed by atoms with Crippen molar-refractivity contribution in [2.24, 2.45) is 34.5 Å². The minimum absolute atomic E-state index is 0.0619. The second kappa shape index (κ2) is 5.12. The molecule has 0 aromatic heterocycles. The number of alkyl halides is 1. The van der Waals surface area contributed by atoms with E-state index in [9.17, 15) is 14.7 Å². The summed E-state index contributed by atoms with van der Waals surface area (Å²) in [6.07, 6.45) is 7.11. The number of aliphatic carboxylic acids is 1. The molecular formula is C19H28ClNO3. The van der Waals surface area contributed by atoms with Crippen LogP contribution in [0.15, 0.2) is 0 Å². The Kier molecular flexibility index (Phi) is 3.56. The lowest BCUT2D eigenvalue weighted by Gasteiger charge is -2.62. The van der Waals surface area contributed by atoms with Gasteiger partial charge in [-0.05, 0) is 68.1 Å². The lowest BCUT2D eigenvalue weighted by Crippen LogP contribution is -2.66. The SMILES string of the molecule is C[C@]12CC[C@@H]3[C@@H](CCC4(Cl)NC(=O)CC[C@]34C)[C@@H]1CCC2C(=O)O. The van der Waals surface area contributed by atoms with E-state index in [4.69, 9.17) is 11.6 Å². The van der Waals surface area contributed by atoms with Crippen molar-refractivity contribution in [2.75, 3.05) is 0 Å². The van der Waals surface area contributed by atoms with Crippen LogP contribution in [0, 0.1) is 34.5 Å². The molecule has 0 radical (unpaired) electrons. The van der Waals surface area contributed by atoms with Crippen LogP contribution in [0.25, 0.3) is 0 Å². The molecule has 3 saturated carbocycles. The van der Waals surface area contributed by atoms with Gasteiger partial charge in [0.25, 0.3) is 0 Å². The van der Waals surface area contributed by atoms with E-state index in [2.05, 4.69) is 19.2 Å². The van der Waals surface area contributed by atoms with E-state index in [1.165, 1.54) is 0 Å². The molecule has 4 aliphatic rings. The molecule has 0 bridgehead atoms. The first-order valence-electron chi connectivity index (χ1n) is 9.44. The first-order chi connectivity index (χ1) is 11.2. The van der Waals surface area contributed by atoms with E-state index in [1.54, 1.807) is 0 Å².